The van der Waals surface area contributed by atoms with Crippen LogP contribution in [0.25, 0.3) is 0 Å². The van der Waals surface area contributed by atoms with Crippen molar-refractivity contribution in [3.63, 3.8) is 0 Å². The minimum Gasteiger partial charge on any atom is -0.476 e. The van der Waals surface area contributed by atoms with Crippen LogP contribution in [0, 0.1) is 6.92 Å². The Morgan fingerprint density at radius 3 is 2.94 bits per heavy atom. The highest BCUT2D eigenvalue weighted by molar-refractivity contribution is 7.09. The fraction of sp³-hybridized carbons (Fsp3) is 0.200. The number of hydrogen-bond acceptors (Lipinski definition) is 6. The molecular weight excluding hydrogens is 240 g/mol. The Morgan fingerprint density at radius 1 is 1.47 bits per heavy atom. The molecule has 0 unspecified atom stereocenters. The first kappa shape index (κ1) is 11.5. The largest absolute Gasteiger partial charge is 0.476 e. The molecule has 0 aliphatic rings. The zero-order chi connectivity index (χ0) is 12.3. The Hall–Kier alpha value is -2.02. The van der Waals surface area contributed by atoms with Crippen molar-refractivity contribution in [3.05, 3.63) is 34.2 Å². The number of aromatic nitrogens is 3. The average Bonchev–Trinajstić information content (AvgIpc) is 2.73. The molecule has 0 saturated carbocycles. The third-order valence-corrected chi connectivity index (χ3v) is 2.79. The number of thiazole rings is 1. The molecule has 2 aromatic heterocycles. The van der Waals surface area contributed by atoms with E-state index in [1.165, 1.54) is 12.4 Å². The number of carboxylic acid groups (broad SMARTS) is 1. The average molecular weight is 250 g/mol. The van der Waals surface area contributed by atoms with Crippen LogP contribution >= 0.6 is 11.3 Å². The molecule has 0 spiro atoms. The van der Waals surface area contributed by atoms with E-state index in [-0.39, 0.29) is 5.69 Å². The zero-order valence-corrected chi connectivity index (χ0v) is 9.86. The molecule has 0 aliphatic carbocycles. The van der Waals surface area contributed by atoms with Crippen LogP contribution in [0.15, 0.2) is 17.8 Å². The minimum atomic E-state index is -1.09. The Morgan fingerprint density at radius 2 is 2.29 bits per heavy atom. The maximum absolute atomic E-state index is 10.7. The number of hydrogen-bond donors (Lipinski definition) is 2. The van der Waals surface area contributed by atoms with E-state index in [2.05, 4.69) is 20.3 Å². The first-order valence-corrected chi connectivity index (χ1v) is 5.73. The van der Waals surface area contributed by atoms with Gasteiger partial charge in [0.2, 0.25) is 0 Å². The molecule has 0 atom stereocenters. The van der Waals surface area contributed by atoms with E-state index in [1.807, 2.05) is 12.3 Å². The Balaban J connectivity index is 2.04. The van der Waals surface area contributed by atoms with Gasteiger partial charge in [0.1, 0.15) is 5.82 Å². The van der Waals surface area contributed by atoms with Crippen molar-refractivity contribution in [1.29, 1.82) is 0 Å². The number of carboxylic acids is 1. The van der Waals surface area contributed by atoms with E-state index in [0.29, 0.717) is 12.4 Å². The second kappa shape index (κ2) is 4.88. The van der Waals surface area contributed by atoms with Crippen molar-refractivity contribution in [2.75, 3.05) is 5.32 Å². The molecule has 7 heteroatoms. The summed E-state index contributed by atoms with van der Waals surface area (Å²) in [6.45, 7) is 2.43. The molecule has 88 valence electrons. The van der Waals surface area contributed by atoms with E-state index in [4.69, 9.17) is 5.11 Å². The van der Waals surface area contributed by atoms with Gasteiger partial charge in [-0.1, -0.05) is 0 Å². The van der Waals surface area contributed by atoms with Crippen LogP contribution < -0.4 is 5.32 Å². The number of aromatic carboxylic acids is 1. The Kier molecular flexibility index (Phi) is 3.29. The van der Waals surface area contributed by atoms with E-state index in [0.717, 1.165) is 10.7 Å². The number of nitrogens with zero attached hydrogens (tertiary/aromatic N) is 3. The van der Waals surface area contributed by atoms with E-state index < -0.39 is 5.97 Å². The molecule has 0 amide bonds. The third kappa shape index (κ3) is 2.97. The van der Waals surface area contributed by atoms with Gasteiger partial charge in [-0.3, -0.25) is 4.98 Å². The summed E-state index contributed by atoms with van der Waals surface area (Å²) in [5.41, 5.74) is 0.819. The van der Waals surface area contributed by atoms with Crippen molar-refractivity contribution in [2.45, 2.75) is 13.5 Å². The van der Waals surface area contributed by atoms with Gasteiger partial charge in [-0.05, 0) is 6.92 Å². The Bertz CT molecular complexity index is 541. The highest BCUT2D eigenvalue weighted by Gasteiger charge is 2.06. The molecule has 0 aromatic carbocycles. The summed E-state index contributed by atoms with van der Waals surface area (Å²) in [4.78, 5) is 22.7. The molecule has 2 N–H and O–H groups in total. The lowest BCUT2D eigenvalue weighted by Gasteiger charge is -2.03. The van der Waals surface area contributed by atoms with Crippen LogP contribution in [-0.4, -0.2) is 26.0 Å². The summed E-state index contributed by atoms with van der Waals surface area (Å²) in [5.74, 6) is -0.666. The maximum Gasteiger partial charge on any atom is 0.356 e. The number of rotatable bonds is 4. The highest BCUT2D eigenvalue weighted by Crippen LogP contribution is 2.10. The van der Waals surface area contributed by atoms with Crippen molar-refractivity contribution >= 4 is 23.1 Å². The van der Waals surface area contributed by atoms with Crippen LogP contribution in [0.2, 0.25) is 0 Å². The topological polar surface area (TPSA) is 88.0 Å². The maximum atomic E-state index is 10.7. The summed E-state index contributed by atoms with van der Waals surface area (Å²) in [6, 6.07) is 0. The van der Waals surface area contributed by atoms with Crippen LogP contribution in [0.4, 0.5) is 5.82 Å². The number of carbonyl (C=O) groups is 1. The molecule has 2 aromatic rings. The molecule has 17 heavy (non-hydrogen) atoms. The van der Waals surface area contributed by atoms with E-state index >= 15 is 0 Å². The molecular formula is C10H10N4O2S. The quantitative estimate of drug-likeness (QED) is 0.856. The monoisotopic (exact) mass is 250 g/mol. The van der Waals surface area contributed by atoms with Crippen LogP contribution in [0.3, 0.4) is 0 Å². The zero-order valence-electron chi connectivity index (χ0n) is 9.04. The van der Waals surface area contributed by atoms with Gasteiger partial charge in [0, 0.05) is 5.38 Å². The fourth-order valence-corrected chi connectivity index (χ4v) is 1.84. The highest BCUT2D eigenvalue weighted by atomic mass is 32.1. The molecule has 0 saturated heterocycles. The van der Waals surface area contributed by atoms with E-state index in [9.17, 15) is 4.79 Å². The molecule has 0 aliphatic heterocycles. The summed E-state index contributed by atoms with van der Waals surface area (Å²) in [5, 5.41) is 14.7. The summed E-state index contributed by atoms with van der Waals surface area (Å²) < 4.78 is 0. The van der Waals surface area contributed by atoms with Gasteiger partial charge in [-0.15, -0.1) is 11.3 Å². The Labute approximate surface area is 101 Å². The second-order valence-electron chi connectivity index (χ2n) is 3.31. The van der Waals surface area contributed by atoms with Crippen LogP contribution in [0.1, 0.15) is 21.2 Å². The SMILES string of the molecule is Cc1nc(CNc2cncc(C(=O)O)n2)cs1. The number of aryl methyl sites for hydroxylation is 1. The molecule has 2 heterocycles. The molecule has 0 bridgehead atoms. The van der Waals surface area contributed by atoms with E-state index in [1.54, 1.807) is 11.3 Å². The third-order valence-electron chi connectivity index (χ3n) is 1.97. The smallest absolute Gasteiger partial charge is 0.356 e. The first-order valence-electron chi connectivity index (χ1n) is 4.85. The lowest BCUT2D eigenvalue weighted by Crippen LogP contribution is -2.07. The summed E-state index contributed by atoms with van der Waals surface area (Å²) in [6.07, 6.45) is 2.69. The van der Waals surface area contributed by atoms with Gasteiger partial charge in [-0.2, -0.15) is 0 Å². The predicted molar refractivity (Wildman–Crippen MR) is 63.2 cm³/mol. The molecule has 0 radical (unpaired) electrons. The lowest BCUT2D eigenvalue weighted by molar-refractivity contribution is 0.0690. The van der Waals surface area contributed by atoms with Crippen LogP contribution in [-0.2, 0) is 6.54 Å². The van der Waals surface area contributed by atoms with Gasteiger partial charge in [0.25, 0.3) is 0 Å². The number of anilines is 1. The summed E-state index contributed by atoms with van der Waals surface area (Å²) in [7, 11) is 0. The van der Waals surface area contributed by atoms with Gasteiger partial charge in [0.15, 0.2) is 5.69 Å². The standard InChI is InChI=1S/C10H10N4O2S/c1-6-13-7(5-17-6)2-12-9-4-11-3-8(14-9)10(15)16/h3-5H,2H2,1H3,(H,12,14)(H,15,16). The first-order chi connectivity index (χ1) is 8.15. The molecule has 2 rings (SSSR count). The lowest BCUT2D eigenvalue weighted by atomic mass is 10.4. The minimum absolute atomic E-state index is 0.0792. The van der Waals surface area contributed by atoms with Crippen molar-refractivity contribution in [3.8, 4) is 0 Å². The van der Waals surface area contributed by atoms with Gasteiger partial charge < -0.3 is 10.4 Å². The van der Waals surface area contributed by atoms with Gasteiger partial charge in [0.05, 0.1) is 29.6 Å². The molecule has 6 nitrogen and oxygen atoms in total. The fourth-order valence-electron chi connectivity index (χ4n) is 1.22. The molecule has 0 fully saturated rings. The second-order valence-corrected chi connectivity index (χ2v) is 4.37. The van der Waals surface area contributed by atoms with Crippen molar-refractivity contribution in [2.24, 2.45) is 0 Å². The summed E-state index contributed by atoms with van der Waals surface area (Å²) >= 11 is 1.57. The van der Waals surface area contributed by atoms with Gasteiger partial charge >= 0.3 is 5.97 Å². The van der Waals surface area contributed by atoms with Crippen molar-refractivity contribution < 1.29 is 9.90 Å². The van der Waals surface area contributed by atoms with Gasteiger partial charge in [-0.25, -0.2) is 14.8 Å². The predicted octanol–water partition coefficient (Wildman–Crippen LogP) is 1.55. The van der Waals surface area contributed by atoms with Crippen LogP contribution in [0.5, 0.6) is 0 Å². The van der Waals surface area contributed by atoms with Crippen molar-refractivity contribution in [1.82, 2.24) is 15.0 Å². The normalized spacial score (nSPS) is 10.2. The number of nitrogens with one attached hydrogen (secondary N) is 1.